The van der Waals surface area contributed by atoms with Crippen LogP contribution >= 0.6 is 35.3 Å². The summed E-state index contributed by atoms with van der Waals surface area (Å²) in [6.45, 7) is 5.90. The Balaban J connectivity index is 0.00000300. The number of piperidine rings is 1. The summed E-state index contributed by atoms with van der Waals surface area (Å²) in [4.78, 5) is 10.6. The maximum absolute atomic E-state index is 5.79. The van der Waals surface area contributed by atoms with E-state index in [4.69, 9.17) is 4.74 Å². The van der Waals surface area contributed by atoms with Gasteiger partial charge in [-0.15, -0.1) is 35.3 Å². The minimum absolute atomic E-state index is 0. The van der Waals surface area contributed by atoms with E-state index in [1.165, 1.54) is 30.8 Å². The molecule has 1 fully saturated rings. The van der Waals surface area contributed by atoms with Crippen LogP contribution in [0.1, 0.15) is 17.7 Å². The normalized spacial score (nSPS) is 15.6. The van der Waals surface area contributed by atoms with E-state index in [9.17, 15) is 0 Å². The van der Waals surface area contributed by atoms with Gasteiger partial charge in [-0.3, -0.25) is 9.89 Å². The summed E-state index contributed by atoms with van der Waals surface area (Å²) < 4.78 is 5.79. The van der Waals surface area contributed by atoms with Crippen molar-refractivity contribution in [3.63, 3.8) is 0 Å². The fourth-order valence-corrected chi connectivity index (χ4v) is 4.26. The van der Waals surface area contributed by atoms with Gasteiger partial charge in [0.05, 0.1) is 6.54 Å². The number of hydrogen-bond donors (Lipinski definition) is 1. The number of likely N-dealkylation sites (tertiary alicyclic amines) is 1. The van der Waals surface area contributed by atoms with Gasteiger partial charge in [0, 0.05) is 32.1 Å². The van der Waals surface area contributed by atoms with Crippen LogP contribution in [0.4, 0.5) is 0 Å². The van der Waals surface area contributed by atoms with Crippen molar-refractivity contribution in [3.05, 3.63) is 52.7 Å². The Hall–Kier alpha value is -1.32. The summed E-state index contributed by atoms with van der Waals surface area (Å²) in [6.07, 6.45) is 2.49. The monoisotopic (exact) mass is 528 g/mol. The van der Waals surface area contributed by atoms with Crippen LogP contribution in [0.5, 0.6) is 5.75 Å². The van der Waals surface area contributed by atoms with Crippen LogP contribution in [0.15, 0.2) is 52.8 Å². The van der Waals surface area contributed by atoms with Crippen molar-refractivity contribution in [2.24, 2.45) is 10.9 Å². The molecule has 0 amide bonds. The Bertz CT molecular complexity index is 703. The molecular weight excluding hydrogens is 495 g/mol. The molecule has 1 saturated heterocycles. The van der Waals surface area contributed by atoms with Crippen LogP contribution < -0.4 is 10.1 Å². The SMILES string of the molecule is CN=C(NCC1CCN(Cc2cccs2)CC1)N(C)CCOc1ccccc1.I. The van der Waals surface area contributed by atoms with Gasteiger partial charge >= 0.3 is 0 Å². The number of benzene rings is 1. The quantitative estimate of drug-likeness (QED) is 0.318. The summed E-state index contributed by atoms with van der Waals surface area (Å²) in [5.74, 6) is 2.57. The summed E-state index contributed by atoms with van der Waals surface area (Å²) in [5, 5.41) is 5.72. The van der Waals surface area contributed by atoms with Crippen molar-refractivity contribution in [1.29, 1.82) is 0 Å². The zero-order chi connectivity index (χ0) is 19.6. The van der Waals surface area contributed by atoms with E-state index in [-0.39, 0.29) is 24.0 Å². The van der Waals surface area contributed by atoms with Gasteiger partial charge in [-0.1, -0.05) is 24.3 Å². The number of likely N-dealkylation sites (N-methyl/N-ethyl adjacent to an activating group) is 1. The third-order valence-corrected chi connectivity index (χ3v) is 6.09. The van der Waals surface area contributed by atoms with Crippen LogP contribution in [-0.2, 0) is 6.54 Å². The van der Waals surface area contributed by atoms with Gasteiger partial charge < -0.3 is 15.0 Å². The van der Waals surface area contributed by atoms with E-state index in [2.05, 4.69) is 44.7 Å². The van der Waals surface area contributed by atoms with Gasteiger partial charge in [-0.05, 0) is 55.4 Å². The van der Waals surface area contributed by atoms with Gasteiger partial charge in [0.25, 0.3) is 0 Å². The molecule has 29 heavy (non-hydrogen) atoms. The Morgan fingerprint density at radius 2 is 1.97 bits per heavy atom. The van der Waals surface area contributed by atoms with Gasteiger partial charge in [0.1, 0.15) is 12.4 Å². The Kier molecular flexibility index (Phi) is 10.8. The molecule has 1 N–H and O–H groups in total. The number of nitrogens with one attached hydrogen (secondary N) is 1. The second kappa shape index (κ2) is 13.1. The average molecular weight is 529 g/mol. The molecule has 0 aliphatic carbocycles. The van der Waals surface area contributed by atoms with Gasteiger partial charge in [-0.25, -0.2) is 0 Å². The highest BCUT2D eigenvalue weighted by atomic mass is 127. The van der Waals surface area contributed by atoms with Crippen LogP contribution in [-0.4, -0.2) is 62.6 Å². The first-order chi connectivity index (χ1) is 13.7. The lowest BCUT2D eigenvalue weighted by Gasteiger charge is -2.32. The molecule has 2 aromatic rings. The maximum Gasteiger partial charge on any atom is 0.193 e. The van der Waals surface area contributed by atoms with Crippen molar-refractivity contribution in [2.75, 3.05) is 46.9 Å². The lowest BCUT2D eigenvalue weighted by Crippen LogP contribution is -2.44. The minimum Gasteiger partial charge on any atom is -0.492 e. The first-order valence-corrected chi connectivity index (χ1v) is 11.0. The smallest absolute Gasteiger partial charge is 0.193 e. The summed E-state index contributed by atoms with van der Waals surface area (Å²) >= 11 is 1.86. The molecule has 160 valence electrons. The molecule has 5 nitrogen and oxygen atoms in total. The number of hydrogen-bond acceptors (Lipinski definition) is 4. The summed E-state index contributed by atoms with van der Waals surface area (Å²) in [7, 11) is 3.91. The molecule has 0 spiro atoms. The van der Waals surface area contributed by atoms with E-state index in [1.807, 2.05) is 48.7 Å². The molecule has 2 heterocycles. The fourth-order valence-electron chi connectivity index (χ4n) is 3.52. The average Bonchev–Trinajstić information content (AvgIpc) is 3.23. The molecule has 7 heteroatoms. The van der Waals surface area contributed by atoms with Gasteiger partial charge in [0.15, 0.2) is 5.96 Å². The molecule has 3 rings (SSSR count). The Morgan fingerprint density at radius 1 is 1.21 bits per heavy atom. The topological polar surface area (TPSA) is 40.1 Å². The zero-order valence-corrected chi connectivity index (χ0v) is 20.6. The van der Waals surface area contributed by atoms with Crippen LogP contribution in [0.25, 0.3) is 0 Å². The third-order valence-electron chi connectivity index (χ3n) is 5.23. The zero-order valence-electron chi connectivity index (χ0n) is 17.4. The van der Waals surface area contributed by atoms with Crippen LogP contribution in [0.2, 0.25) is 0 Å². The number of guanidine groups is 1. The molecule has 1 aliphatic heterocycles. The molecule has 0 saturated carbocycles. The van der Waals surface area contributed by atoms with Crippen LogP contribution in [0.3, 0.4) is 0 Å². The lowest BCUT2D eigenvalue weighted by atomic mass is 9.97. The van der Waals surface area contributed by atoms with Crippen molar-refractivity contribution in [1.82, 2.24) is 15.1 Å². The van der Waals surface area contributed by atoms with Crippen LogP contribution in [0, 0.1) is 5.92 Å². The minimum atomic E-state index is 0. The van der Waals surface area contributed by atoms with E-state index >= 15 is 0 Å². The largest absolute Gasteiger partial charge is 0.492 e. The van der Waals surface area contributed by atoms with Crippen molar-refractivity contribution >= 4 is 41.3 Å². The van der Waals surface area contributed by atoms with E-state index in [0.717, 1.165) is 31.3 Å². The number of nitrogens with zero attached hydrogens (tertiary/aromatic N) is 3. The maximum atomic E-state index is 5.79. The molecule has 0 atom stereocenters. The standard InChI is InChI=1S/C22H32N4OS.HI/c1-23-22(25(2)14-15-27-20-7-4-3-5-8-20)24-17-19-10-12-26(13-11-19)18-21-9-6-16-28-21;/h3-9,16,19H,10-15,17-18H2,1-2H3,(H,23,24);1H. The fraction of sp³-hybridized carbons (Fsp3) is 0.500. The first kappa shape index (κ1) is 24.0. The number of thiophene rings is 1. The highest BCUT2D eigenvalue weighted by molar-refractivity contribution is 14.0. The summed E-state index contributed by atoms with van der Waals surface area (Å²) in [6, 6.07) is 14.3. The van der Waals surface area contributed by atoms with Crippen molar-refractivity contribution in [3.8, 4) is 5.75 Å². The molecule has 0 bridgehead atoms. The number of rotatable bonds is 8. The Morgan fingerprint density at radius 3 is 2.62 bits per heavy atom. The lowest BCUT2D eigenvalue weighted by molar-refractivity contribution is 0.179. The molecular formula is C22H33IN4OS. The van der Waals surface area contributed by atoms with Gasteiger partial charge in [-0.2, -0.15) is 0 Å². The number of aliphatic imine (C=N–C) groups is 1. The number of ether oxygens (including phenoxy) is 1. The van der Waals surface area contributed by atoms with E-state index < -0.39 is 0 Å². The molecule has 0 unspecified atom stereocenters. The van der Waals surface area contributed by atoms with E-state index in [0.29, 0.717) is 12.5 Å². The van der Waals surface area contributed by atoms with Crippen molar-refractivity contribution < 1.29 is 4.74 Å². The van der Waals surface area contributed by atoms with Gasteiger partial charge in [0.2, 0.25) is 0 Å². The predicted octanol–water partition coefficient (Wildman–Crippen LogP) is 4.16. The van der Waals surface area contributed by atoms with E-state index in [1.54, 1.807) is 0 Å². The molecule has 1 aromatic heterocycles. The first-order valence-electron chi connectivity index (χ1n) is 10.1. The molecule has 0 radical (unpaired) electrons. The predicted molar refractivity (Wildman–Crippen MR) is 134 cm³/mol. The second-order valence-corrected chi connectivity index (χ2v) is 8.34. The second-order valence-electron chi connectivity index (χ2n) is 7.31. The van der Waals surface area contributed by atoms with Crippen molar-refractivity contribution in [2.45, 2.75) is 19.4 Å². The summed E-state index contributed by atoms with van der Waals surface area (Å²) in [5.41, 5.74) is 0. The Labute approximate surface area is 196 Å². The molecule has 1 aromatic carbocycles. The number of para-hydroxylation sites is 1. The molecule has 1 aliphatic rings. The highest BCUT2D eigenvalue weighted by Crippen LogP contribution is 2.20. The number of halogens is 1. The third kappa shape index (κ3) is 8.14. The highest BCUT2D eigenvalue weighted by Gasteiger charge is 2.20.